The summed E-state index contributed by atoms with van der Waals surface area (Å²) in [5, 5.41) is 0. The summed E-state index contributed by atoms with van der Waals surface area (Å²) < 4.78 is 13.6. The van der Waals surface area contributed by atoms with Gasteiger partial charge in [-0.25, -0.2) is 4.39 Å². The summed E-state index contributed by atoms with van der Waals surface area (Å²) in [6.45, 7) is 9.71. The average molecular weight is 294 g/mol. The minimum absolute atomic E-state index is 0.0239. The molecule has 0 fully saturated rings. The molecule has 2 N–H and O–H groups in total. The molecule has 0 spiro atoms. The number of nitrogens with two attached hydrogens (primary N) is 1. The van der Waals surface area contributed by atoms with E-state index >= 15 is 0 Å². The van der Waals surface area contributed by atoms with Crippen LogP contribution in [0.15, 0.2) is 24.3 Å². The molecular weight excluding hydrogens is 263 g/mol. The summed E-state index contributed by atoms with van der Waals surface area (Å²) in [4.78, 5) is 2.43. The normalized spacial score (nSPS) is 14.7. The molecule has 2 atom stereocenters. The highest BCUT2D eigenvalue weighted by atomic mass is 19.1. The van der Waals surface area contributed by atoms with Crippen LogP contribution in [0.3, 0.4) is 0 Å². The van der Waals surface area contributed by atoms with Crippen molar-refractivity contribution in [3.63, 3.8) is 0 Å². The van der Waals surface area contributed by atoms with Crippen LogP contribution in [0.25, 0.3) is 0 Å². The first kappa shape index (κ1) is 18.1. The Labute approximate surface area is 129 Å². The quantitative estimate of drug-likeness (QED) is 0.679. The van der Waals surface area contributed by atoms with Crippen molar-refractivity contribution in [2.24, 2.45) is 5.73 Å². The van der Waals surface area contributed by atoms with Gasteiger partial charge in [-0.15, -0.1) is 0 Å². The molecule has 1 rings (SSSR count). The Morgan fingerprint density at radius 1 is 1.19 bits per heavy atom. The maximum Gasteiger partial charge on any atom is 0.123 e. The second kappa shape index (κ2) is 9.16. The van der Waals surface area contributed by atoms with Gasteiger partial charge in [0.1, 0.15) is 5.82 Å². The van der Waals surface area contributed by atoms with Crippen LogP contribution in [0, 0.1) is 5.82 Å². The lowest BCUT2D eigenvalue weighted by atomic mass is 9.94. The molecule has 0 aliphatic heterocycles. The third kappa shape index (κ3) is 5.40. The Balaban J connectivity index is 3.02. The van der Waals surface area contributed by atoms with Crippen LogP contribution in [-0.4, -0.2) is 23.5 Å². The molecule has 0 bridgehead atoms. The lowest BCUT2D eigenvalue weighted by molar-refractivity contribution is 0.127. The van der Waals surface area contributed by atoms with E-state index < -0.39 is 0 Å². The number of hydrogen-bond donors (Lipinski definition) is 1. The molecule has 21 heavy (non-hydrogen) atoms. The molecule has 2 nitrogen and oxygen atoms in total. The molecule has 0 aromatic heterocycles. The van der Waals surface area contributed by atoms with Crippen molar-refractivity contribution in [1.29, 1.82) is 0 Å². The van der Waals surface area contributed by atoms with Gasteiger partial charge in [-0.2, -0.15) is 0 Å². The van der Waals surface area contributed by atoms with Crippen LogP contribution in [-0.2, 0) is 0 Å². The summed E-state index contributed by atoms with van der Waals surface area (Å²) in [7, 11) is 0. The summed E-state index contributed by atoms with van der Waals surface area (Å²) in [5.41, 5.74) is 7.37. The third-order valence-corrected chi connectivity index (χ3v) is 4.11. The molecule has 2 unspecified atom stereocenters. The molecule has 0 heterocycles. The zero-order chi connectivity index (χ0) is 15.8. The van der Waals surface area contributed by atoms with E-state index in [1.54, 1.807) is 12.1 Å². The molecule has 0 aliphatic rings. The van der Waals surface area contributed by atoms with Crippen LogP contribution in [0.5, 0.6) is 0 Å². The topological polar surface area (TPSA) is 29.3 Å². The minimum Gasteiger partial charge on any atom is -0.326 e. The zero-order valence-electron chi connectivity index (χ0n) is 14.0. The van der Waals surface area contributed by atoms with E-state index in [-0.39, 0.29) is 17.9 Å². The molecule has 0 radical (unpaired) electrons. The van der Waals surface area contributed by atoms with Crippen molar-refractivity contribution in [1.82, 2.24) is 4.90 Å². The number of halogens is 1. The van der Waals surface area contributed by atoms with Gasteiger partial charge in [-0.1, -0.05) is 38.8 Å². The van der Waals surface area contributed by atoms with E-state index in [1.807, 2.05) is 6.07 Å². The highest BCUT2D eigenvalue weighted by Gasteiger charge is 2.27. The van der Waals surface area contributed by atoms with E-state index in [0.717, 1.165) is 24.9 Å². The predicted molar refractivity (Wildman–Crippen MR) is 88.8 cm³/mol. The van der Waals surface area contributed by atoms with E-state index in [4.69, 9.17) is 5.73 Å². The molecule has 0 amide bonds. The van der Waals surface area contributed by atoms with Crippen molar-refractivity contribution < 1.29 is 4.39 Å². The number of rotatable bonds is 9. The van der Waals surface area contributed by atoms with Gasteiger partial charge in [0, 0.05) is 12.1 Å². The lowest BCUT2D eigenvalue weighted by Gasteiger charge is -2.38. The Morgan fingerprint density at radius 2 is 1.90 bits per heavy atom. The highest BCUT2D eigenvalue weighted by molar-refractivity contribution is 5.22. The number of benzene rings is 1. The maximum atomic E-state index is 13.6. The van der Waals surface area contributed by atoms with Gasteiger partial charge in [-0.05, 0) is 50.9 Å². The fourth-order valence-corrected chi connectivity index (χ4v) is 2.86. The van der Waals surface area contributed by atoms with Gasteiger partial charge in [-0.3, -0.25) is 4.90 Å². The fourth-order valence-electron chi connectivity index (χ4n) is 2.86. The van der Waals surface area contributed by atoms with Crippen molar-refractivity contribution >= 4 is 0 Å². The van der Waals surface area contributed by atoms with Crippen molar-refractivity contribution in [3.8, 4) is 0 Å². The van der Waals surface area contributed by atoms with E-state index in [2.05, 4.69) is 32.6 Å². The predicted octanol–water partition coefficient (Wildman–Crippen LogP) is 4.50. The van der Waals surface area contributed by atoms with E-state index in [1.165, 1.54) is 18.9 Å². The summed E-state index contributed by atoms with van der Waals surface area (Å²) >= 11 is 0. The highest BCUT2D eigenvalue weighted by Crippen LogP contribution is 2.28. The Morgan fingerprint density at radius 3 is 2.43 bits per heavy atom. The Hall–Kier alpha value is -0.930. The largest absolute Gasteiger partial charge is 0.326 e. The second-order valence-electron chi connectivity index (χ2n) is 6.11. The molecule has 120 valence electrons. The van der Waals surface area contributed by atoms with Gasteiger partial charge < -0.3 is 5.73 Å². The fraction of sp³-hybridized carbons (Fsp3) is 0.667. The summed E-state index contributed by atoms with van der Waals surface area (Å²) in [6.07, 6.45) is 4.48. The van der Waals surface area contributed by atoms with Gasteiger partial charge in [0.25, 0.3) is 0 Å². The van der Waals surface area contributed by atoms with E-state index in [0.29, 0.717) is 6.04 Å². The van der Waals surface area contributed by atoms with E-state index in [9.17, 15) is 4.39 Å². The van der Waals surface area contributed by atoms with Crippen LogP contribution in [0.1, 0.15) is 65.0 Å². The van der Waals surface area contributed by atoms with Crippen molar-refractivity contribution in [3.05, 3.63) is 35.6 Å². The smallest absolute Gasteiger partial charge is 0.123 e. The van der Waals surface area contributed by atoms with Gasteiger partial charge in [0.05, 0.1) is 6.04 Å². The molecule has 3 heteroatoms. The van der Waals surface area contributed by atoms with Crippen molar-refractivity contribution in [2.45, 2.75) is 71.5 Å². The van der Waals surface area contributed by atoms with Crippen LogP contribution >= 0.6 is 0 Å². The van der Waals surface area contributed by atoms with Crippen LogP contribution in [0.4, 0.5) is 4.39 Å². The molecule has 0 aliphatic carbocycles. The lowest BCUT2D eigenvalue weighted by Crippen LogP contribution is -2.44. The van der Waals surface area contributed by atoms with Gasteiger partial charge in [0.2, 0.25) is 0 Å². The first-order valence-corrected chi connectivity index (χ1v) is 8.28. The Bertz CT molecular complexity index is 406. The van der Waals surface area contributed by atoms with Crippen molar-refractivity contribution in [2.75, 3.05) is 6.54 Å². The standard InChI is InChI=1S/C18H31FN2/c1-5-7-8-12-21(14(3)4)18(17(20)6-2)15-10-9-11-16(19)13-15/h9-11,13-14,17-18H,5-8,12,20H2,1-4H3. The number of hydrogen-bond acceptors (Lipinski definition) is 2. The van der Waals surface area contributed by atoms with Gasteiger partial charge in [0.15, 0.2) is 0 Å². The number of unbranched alkanes of at least 4 members (excludes halogenated alkanes) is 2. The monoisotopic (exact) mass is 294 g/mol. The Kier molecular flexibility index (Phi) is 7.91. The third-order valence-electron chi connectivity index (χ3n) is 4.11. The first-order valence-electron chi connectivity index (χ1n) is 8.28. The van der Waals surface area contributed by atoms with Crippen LogP contribution < -0.4 is 5.73 Å². The van der Waals surface area contributed by atoms with Gasteiger partial charge >= 0.3 is 0 Å². The molecular formula is C18H31FN2. The average Bonchev–Trinajstić information content (AvgIpc) is 2.45. The zero-order valence-corrected chi connectivity index (χ0v) is 14.0. The second-order valence-corrected chi connectivity index (χ2v) is 6.11. The summed E-state index contributed by atoms with van der Waals surface area (Å²) in [6, 6.07) is 7.42. The molecule has 1 aromatic rings. The minimum atomic E-state index is -0.182. The first-order chi connectivity index (χ1) is 10.0. The SMILES string of the molecule is CCCCCN(C(C)C)C(c1cccc(F)c1)C(N)CC. The molecule has 0 saturated carbocycles. The maximum absolute atomic E-state index is 13.6. The molecule has 1 aromatic carbocycles. The molecule has 0 saturated heterocycles. The summed E-state index contributed by atoms with van der Waals surface area (Å²) in [5.74, 6) is -0.182. The van der Waals surface area contributed by atoms with Crippen LogP contribution in [0.2, 0.25) is 0 Å². The number of nitrogens with zero attached hydrogens (tertiary/aromatic N) is 1.